The van der Waals surface area contributed by atoms with E-state index in [0.717, 1.165) is 13.1 Å². The predicted octanol–water partition coefficient (Wildman–Crippen LogP) is 10.2. The molecule has 0 aliphatic carbocycles. The molecule has 15 atom stereocenters. The molecule has 0 bridgehead atoms. The number of nitrogens with one attached hydrogen (secondary N) is 4. The molecule has 9 rings (SSSR count). The van der Waals surface area contributed by atoms with Gasteiger partial charge in [0, 0.05) is 78.5 Å². The molecule has 5 fully saturated rings. The smallest absolute Gasteiger partial charge is 0.408 e. The van der Waals surface area contributed by atoms with E-state index < -0.39 is 65.9 Å². The number of morpholine rings is 5. The number of carbonyl (C=O) groups excluding carboxylic acids is 6. The number of imidazole rings is 2. The lowest BCUT2D eigenvalue weighted by atomic mass is 10.1. The number of aliphatic carboxylic acids is 1. The molecule has 0 radical (unpaired) electrons. The summed E-state index contributed by atoms with van der Waals surface area (Å²) in [6.45, 7) is 55.8. The molecule has 34 nitrogen and oxygen atoms in total. The molecule has 5 aliphatic rings. The molecule has 119 heavy (non-hydrogen) atoms. The number of hydrogen-bond acceptors (Lipinski definition) is 25. The highest BCUT2D eigenvalue weighted by molar-refractivity contribution is 6.33. The Morgan fingerprint density at radius 1 is 0.479 bits per heavy atom. The van der Waals surface area contributed by atoms with Gasteiger partial charge < -0.3 is 105 Å². The number of amides is 6. The number of nitrogens with two attached hydrogens (primary N) is 2. The lowest BCUT2D eigenvalue weighted by Crippen LogP contribution is -2.55. The van der Waals surface area contributed by atoms with E-state index >= 15 is 0 Å². The van der Waals surface area contributed by atoms with Gasteiger partial charge in [-0.2, -0.15) is 0 Å². The van der Waals surface area contributed by atoms with Crippen LogP contribution in [0.15, 0.2) is 12.7 Å². The molecule has 0 spiro atoms. The van der Waals surface area contributed by atoms with E-state index in [0.29, 0.717) is 121 Å². The van der Waals surface area contributed by atoms with Gasteiger partial charge in [0.1, 0.15) is 47.5 Å². The number of aromatic nitrogens is 8. The van der Waals surface area contributed by atoms with Crippen LogP contribution in [0, 0.1) is 0 Å². The minimum absolute atomic E-state index is 0.0109. The highest BCUT2D eigenvalue weighted by Gasteiger charge is 2.36. The van der Waals surface area contributed by atoms with Crippen LogP contribution in [0.5, 0.6) is 0 Å². The first kappa shape index (κ1) is 108. The maximum atomic E-state index is 13.3. The van der Waals surface area contributed by atoms with E-state index in [1.807, 2.05) is 92.9 Å². The van der Waals surface area contributed by atoms with Crippen LogP contribution in [0.25, 0.3) is 22.3 Å². The average molecular weight is 1720 g/mol. The number of rotatable bonds is 18. The third-order valence-corrected chi connectivity index (χ3v) is 18.0. The van der Waals surface area contributed by atoms with Crippen LogP contribution in [0.1, 0.15) is 237 Å². The van der Waals surface area contributed by atoms with Gasteiger partial charge in [0.2, 0.25) is 23.6 Å². The number of carbonyl (C=O) groups is 7. The van der Waals surface area contributed by atoms with Crippen molar-refractivity contribution < 1.29 is 94.5 Å². The third kappa shape index (κ3) is 39.0. The Balaban J connectivity index is 0.000000478. The van der Waals surface area contributed by atoms with E-state index in [4.69, 9.17) is 66.4 Å². The van der Waals surface area contributed by atoms with E-state index in [1.165, 1.54) is 21.8 Å². The van der Waals surface area contributed by atoms with Crippen molar-refractivity contribution in [2.24, 2.45) is 11.5 Å². The van der Waals surface area contributed by atoms with E-state index in [1.54, 1.807) is 92.9 Å². The van der Waals surface area contributed by atoms with Gasteiger partial charge in [0.15, 0.2) is 39.4 Å². The molecular weight excluding hydrogens is 1580 g/mol. The number of carboxylic acid groups (broad SMARTS) is 1. The zero-order chi connectivity index (χ0) is 90.9. The van der Waals surface area contributed by atoms with Crippen molar-refractivity contribution in [3.63, 3.8) is 0 Å². The molecule has 10 N–H and O–H groups in total. The quantitative estimate of drug-likeness (QED) is 0.0339. The molecule has 0 saturated carbocycles. The normalized spacial score (nSPS) is 22.6. The topological polar surface area (TPSA) is 425 Å². The predicted molar refractivity (Wildman–Crippen MR) is 447 cm³/mol. The Labute approximate surface area is 705 Å². The molecule has 682 valence electrons. The molecular formula is C80H141ClF4N18O16. The van der Waals surface area contributed by atoms with Crippen LogP contribution < -0.4 is 32.7 Å². The second-order valence-corrected chi connectivity index (χ2v) is 33.4. The molecule has 0 unspecified atom stereocenters. The van der Waals surface area contributed by atoms with Crippen molar-refractivity contribution in [3.05, 3.63) is 29.5 Å². The maximum absolute atomic E-state index is 13.3. The Bertz CT molecular complexity index is 3640. The third-order valence-electron chi connectivity index (χ3n) is 17.7. The number of ether oxygens (including phenoxy) is 7. The number of halogens is 5. The molecule has 5 aliphatic heterocycles. The van der Waals surface area contributed by atoms with Crippen molar-refractivity contribution >= 4 is 81.5 Å². The zero-order valence-corrected chi connectivity index (χ0v) is 75.8. The first-order valence-corrected chi connectivity index (χ1v) is 41.6. The van der Waals surface area contributed by atoms with Gasteiger partial charge in [-0.15, -0.1) is 0 Å². The van der Waals surface area contributed by atoms with Gasteiger partial charge in [-0.3, -0.25) is 19.2 Å². The standard InChI is InChI=1S/C18H26F2N6O2.C15H28N2O4.2C10H20N2O2.C9H17NO4.C8H7ClF2N4.C6H13NO.C4H10O/c1-5-12(18(27)25-7-10(3)28-11(4)8-25)23-15-13-16(22-9-21-15)26(6-2)17(24-13)14(19)20;1-7-12(16-14(19)21-15(4,5)6)13(18)17-8-10(2)20-11(3)9-17;2*1-4-9(11)10(13)12-5-7(2)14-8(3)6-12;1-5-6(7(11)12)10-8(13)14-9(2,3)4;1-2-15-7-4(5(9)12-3-13-7)14-8(15)6(10)11;1-5-3-7-4-6(2)8-5;1-4(2,3)5/h9-12,14H,5-8H2,1-4H3,(H,21,22,23);10-12H,7-9H2,1-6H3,(H,16,19);2*7-9H,4-6,11H2,1-3H3;6H,5H2,1-4H3,(H,10,13)(H,11,12);3,6H,2H2,1H3;5-7H,3-4H2,1-2H3;5H,1-3H3/t2*10-,11+,12-;2*7-,8+,9-;6-;;5-,6+;/m00000.../s1. The highest BCUT2D eigenvalue weighted by atomic mass is 35.5. The van der Waals surface area contributed by atoms with Gasteiger partial charge in [0.25, 0.3) is 12.9 Å². The summed E-state index contributed by atoms with van der Waals surface area (Å²) in [5, 5.41) is 28.5. The van der Waals surface area contributed by atoms with Crippen LogP contribution >= 0.6 is 11.6 Å². The number of nitrogens with zero attached hydrogens (tertiary/aromatic N) is 12. The van der Waals surface area contributed by atoms with Crippen molar-refractivity contribution in [1.29, 1.82) is 0 Å². The number of fused-ring (bicyclic) bond motifs is 2. The highest BCUT2D eigenvalue weighted by Crippen LogP contribution is 2.29. The van der Waals surface area contributed by atoms with Crippen molar-refractivity contribution in [1.82, 2.24) is 74.6 Å². The number of alkyl carbamates (subject to hydrolysis) is 2. The Kier molecular flexibility index (Phi) is 46.4. The van der Waals surface area contributed by atoms with Gasteiger partial charge in [-0.05, 0) is 178 Å². The molecule has 9 heterocycles. The van der Waals surface area contributed by atoms with Gasteiger partial charge in [-0.1, -0.05) is 46.2 Å². The molecule has 4 aromatic heterocycles. The van der Waals surface area contributed by atoms with E-state index in [9.17, 15) is 51.1 Å². The second kappa shape index (κ2) is 51.4. The lowest BCUT2D eigenvalue weighted by Gasteiger charge is -2.37. The maximum Gasteiger partial charge on any atom is 0.408 e. The van der Waals surface area contributed by atoms with E-state index in [2.05, 4.69) is 65.0 Å². The Morgan fingerprint density at radius 2 is 0.773 bits per heavy atom. The summed E-state index contributed by atoms with van der Waals surface area (Å²) in [6.07, 6.45) is -0.123. The molecule has 39 heteroatoms. The summed E-state index contributed by atoms with van der Waals surface area (Å²) in [5.41, 5.74) is 10.9. The van der Waals surface area contributed by atoms with Crippen LogP contribution in [0.3, 0.4) is 0 Å². The monoisotopic (exact) mass is 1720 g/mol. The number of aliphatic hydroxyl groups is 1. The van der Waals surface area contributed by atoms with E-state index in [-0.39, 0.29) is 118 Å². The lowest BCUT2D eigenvalue weighted by molar-refractivity contribution is -0.145. The summed E-state index contributed by atoms with van der Waals surface area (Å²) in [7, 11) is 0. The fourth-order valence-corrected chi connectivity index (χ4v) is 12.9. The largest absolute Gasteiger partial charge is 0.480 e. The van der Waals surface area contributed by atoms with Crippen LogP contribution in [-0.2, 0) is 70.2 Å². The summed E-state index contributed by atoms with van der Waals surface area (Å²) in [4.78, 5) is 113. The van der Waals surface area contributed by atoms with Crippen LogP contribution in [0.4, 0.5) is 33.0 Å². The minimum Gasteiger partial charge on any atom is -0.480 e. The Morgan fingerprint density at radius 3 is 1.06 bits per heavy atom. The number of aryl methyl sites for hydroxylation is 2. The van der Waals surface area contributed by atoms with Gasteiger partial charge in [-0.25, -0.2) is 61.8 Å². The number of alkyl halides is 4. The summed E-state index contributed by atoms with van der Waals surface area (Å²) >= 11 is 5.73. The first-order valence-electron chi connectivity index (χ1n) is 41.2. The molecule has 6 amide bonds. The number of hydrogen-bond donors (Lipinski definition) is 8. The summed E-state index contributed by atoms with van der Waals surface area (Å²) in [6, 6.07) is -2.69. The summed E-state index contributed by atoms with van der Waals surface area (Å²) < 4.78 is 92.5. The number of anilines is 1. The number of carboxylic acids is 1. The fraction of sp³-hybridized carbons (Fsp3) is 0.787. The van der Waals surface area contributed by atoms with Crippen molar-refractivity contribution in [2.45, 2.75) is 346 Å². The zero-order valence-electron chi connectivity index (χ0n) is 75.0. The first-order chi connectivity index (χ1) is 55.2. The minimum atomic E-state index is -2.72. The van der Waals surface area contributed by atoms with Crippen molar-refractivity contribution in [2.75, 3.05) is 70.8 Å². The average Bonchev–Trinajstić information content (AvgIpc) is 1.67. The van der Waals surface area contributed by atoms with Crippen LogP contribution in [0.2, 0.25) is 5.15 Å². The SMILES string of the molecule is CC(C)(C)O.CC[C@H](N)C(=O)N1C[C@@H](C)O[C@@H](C)C1.CC[C@H](N)C(=O)N1C[C@@H](C)O[C@@H](C)C1.CC[C@H](NC(=O)OC(C)(C)C)C(=O)N1C[C@@H](C)O[C@@H](C)C1.CC[C@H](NC(=O)OC(C)(C)C)C(=O)O.CC[C@H](Nc1ncnc2c1nc(C(F)F)n2CC)C(=O)N1C[C@@H](C)O[C@@H](C)C1.CCn1c(C(F)F)nc2c(Cl)ncnc21.C[C@@H]1CNC[C@H](C)O1. The second-order valence-electron chi connectivity index (χ2n) is 33.0. The van der Waals surface area contributed by atoms with Crippen molar-refractivity contribution in [3.8, 4) is 0 Å². The van der Waals surface area contributed by atoms with Gasteiger partial charge >= 0.3 is 18.2 Å². The molecule has 0 aromatic carbocycles. The fourth-order valence-electron chi connectivity index (χ4n) is 12.7. The van der Waals surface area contributed by atoms with Gasteiger partial charge in [0.05, 0.1) is 78.7 Å². The van der Waals surface area contributed by atoms with Crippen LogP contribution in [-0.4, -0.2) is 284 Å². The summed E-state index contributed by atoms with van der Waals surface area (Å²) in [5.74, 6) is -1.49. The Hall–Kier alpha value is -7.56. The molecule has 5 saturated heterocycles. The molecule has 4 aromatic rings.